The van der Waals surface area contributed by atoms with Gasteiger partial charge in [0.2, 0.25) is 0 Å². The molecular weight excluding hydrogens is 276 g/mol. The maximum Gasteiger partial charge on any atom is 0.416 e. The van der Waals surface area contributed by atoms with Crippen LogP contribution in [0.5, 0.6) is 0 Å². The van der Waals surface area contributed by atoms with Crippen LogP contribution >= 0.6 is 0 Å². The first-order valence-electron chi connectivity index (χ1n) is 5.56. The molecule has 3 nitrogen and oxygen atoms in total. The molecule has 2 rings (SSSR count). The van der Waals surface area contributed by atoms with E-state index in [4.69, 9.17) is 5.73 Å². The highest BCUT2D eigenvalue weighted by Crippen LogP contribution is 2.37. The number of halogens is 4. The van der Waals surface area contributed by atoms with Gasteiger partial charge < -0.3 is 10.8 Å². The lowest BCUT2D eigenvalue weighted by molar-refractivity contribution is -0.139. The molecule has 0 aliphatic rings. The van der Waals surface area contributed by atoms with Gasteiger partial charge in [0.05, 0.1) is 5.56 Å². The number of aliphatic hydroxyl groups is 1. The Labute approximate surface area is 111 Å². The summed E-state index contributed by atoms with van der Waals surface area (Å²) in [7, 11) is 0. The van der Waals surface area contributed by atoms with Crippen molar-refractivity contribution in [2.24, 2.45) is 0 Å². The van der Waals surface area contributed by atoms with Crippen LogP contribution in [0.25, 0.3) is 0 Å². The van der Waals surface area contributed by atoms with Gasteiger partial charge in [-0.15, -0.1) is 0 Å². The van der Waals surface area contributed by atoms with Crippen molar-refractivity contribution < 1.29 is 22.7 Å². The number of anilines is 1. The molecule has 0 fully saturated rings. The van der Waals surface area contributed by atoms with Crippen LogP contribution < -0.4 is 5.73 Å². The summed E-state index contributed by atoms with van der Waals surface area (Å²) in [6.45, 7) is 0. The molecular formula is C13H10F4N2O. The number of aromatic nitrogens is 1. The number of aliphatic hydroxyl groups excluding tert-OH is 1. The van der Waals surface area contributed by atoms with Crippen molar-refractivity contribution in [2.45, 2.75) is 12.3 Å². The second-order valence-corrected chi connectivity index (χ2v) is 4.11. The molecule has 106 valence electrons. The van der Waals surface area contributed by atoms with Gasteiger partial charge in [-0.25, -0.2) is 9.37 Å². The van der Waals surface area contributed by atoms with E-state index in [-0.39, 0.29) is 11.4 Å². The number of nitrogen functional groups attached to an aromatic ring is 1. The summed E-state index contributed by atoms with van der Waals surface area (Å²) in [5.74, 6) is -0.994. The zero-order chi connectivity index (χ0) is 14.9. The third kappa shape index (κ3) is 2.72. The summed E-state index contributed by atoms with van der Waals surface area (Å²) in [5, 5.41) is 10.1. The molecule has 0 bridgehead atoms. The standard InChI is InChI=1S/C13H10F4N2O/c14-7-3-4-10(13(15,16)17)9(6-7)11(20)8-2-1-5-19-12(8)18/h1-6,11,20H,(H2,18,19). The molecule has 2 aromatic rings. The minimum absolute atomic E-state index is 0.0106. The number of hydrogen-bond acceptors (Lipinski definition) is 3. The Morgan fingerprint density at radius 3 is 2.45 bits per heavy atom. The first-order chi connectivity index (χ1) is 9.30. The predicted octanol–water partition coefficient (Wildman–Crippen LogP) is 2.90. The lowest BCUT2D eigenvalue weighted by Gasteiger charge is -2.18. The van der Waals surface area contributed by atoms with Crippen LogP contribution in [-0.4, -0.2) is 10.1 Å². The zero-order valence-electron chi connectivity index (χ0n) is 10.0. The monoisotopic (exact) mass is 286 g/mol. The maximum absolute atomic E-state index is 13.2. The number of nitrogens with two attached hydrogens (primary N) is 1. The fraction of sp³-hybridized carbons (Fsp3) is 0.154. The van der Waals surface area contributed by atoms with E-state index < -0.39 is 29.2 Å². The van der Waals surface area contributed by atoms with Crippen molar-refractivity contribution in [3.8, 4) is 0 Å². The SMILES string of the molecule is Nc1ncccc1C(O)c1cc(F)ccc1C(F)(F)F. The van der Waals surface area contributed by atoms with Gasteiger partial charge in [0.15, 0.2) is 0 Å². The lowest BCUT2D eigenvalue weighted by Crippen LogP contribution is -2.14. The van der Waals surface area contributed by atoms with E-state index in [1.165, 1.54) is 18.3 Å². The quantitative estimate of drug-likeness (QED) is 0.834. The summed E-state index contributed by atoms with van der Waals surface area (Å²) in [4.78, 5) is 3.68. The smallest absolute Gasteiger partial charge is 0.383 e. The Morgan fingerprint density at radius 1 is 1.15 bits per heavy atom. The maximum atomic E-state index is 13.2. The summed E-state index contributed by atoms with van der Waals surface area (Å²) < 4.78 is 51.8. The molecule has 1 heterocycles. The number of hydrogen-bond donors (Lipinski definition) is 2. The van der Waals surface area contributed by atoms with Crippen LogP contribution in [0.4, 0.5) is 23.4 Å². The molecule has 1 aromatic carbocycles. The molecule has 0 amide bonds. The van der Waals surface area contributed by atoms with Gasteiger partial charge >= 0.3 is 6.18 Å². The molecule has 0 aliphatic carbocycles. The van der Waals surface area contributed by atoms with Gasteiger partial charge in [-0.1, -0.05) is 6.07 Å². The van der Waals surface area contributed by atoms with Gasteiger partial charge in [-0.2, -0.15) is 13.2 Å². The number of pyridine rings is 1. The fourth-order valence-corrected chi connectivity index (χ4v) is 1.85. The molecule has 20 heavy (non-hydrogen) atoms. The average molecular weight is 286 g/mol. The van der Waals surface area contributed by atoms with Crippen molar-refractivity contribution in [1.29, 1.82) is 0 Å². The van der Waals surface area contributed by atoms with Crippen LogP contribution in [0.1, 0.15) is 22.8 Å². The lowest BCUT2D eigenvalue weighted by atomic mass is 9.96. The number of alkyl halides is 3. The van der Waals surface area contributed by atoms with Crippen LogP contribution in [-0.2, 0) is 6.18 Å². The van der Waals surface area contributed by atoms with E-state index >= 15 is 0 Å². The largest absolute Gasteiger partial charge is 0.416 e. The van der Waals surface area contributed by atoms with Gasteiger partial charge in [0.1, 0.15) is 17.7 Å². The molecule has 0 saturated heterocycles. The van der Waals surface area contributed by atoms with E-state index in [2.05, 4.69) is 4.98 Å². The van der Waals surface area contributed by atoms with Gasteiger partial charge in [-0.05, 0) is 24.3 Å². The summed E-state index contributed by atoms with van der Waals surface area (Å²) >= 11 is 0. The van der Waals surface area contributed by atoms with E-state index in [0.29, 0.717) is 18.2 Å². The van der Waals surface area contributed by atoms with Crippen molar-refractivity contribution in [3.05, 3.63) is 59.0 Å². The second-order valence-electron chi connectivity index (χ2n) is 4.11. The van der Waals surface area contributed by atoms with Crippen LogP contribution in [0.2, 0.25) is 0 Å². The molecule has 1 unspecified atom stereocenters. The van der Waals surface area contributed by atoms with E-state index in [1.807, 2.05) is 0 Å². The third-order valence-electron chi connectivity index (χ3n) is 2.78. The first-order valence-corrected chi connectivity index (χ1v) is 5.56. The second kappa shape index (κ2) is 5.09. The van der Waals surface area contributed by atoms with Crippen molar-refractivity contribution in [1.82, 2.24) is 4.98 Å². The average Bonchev–Trinajstić information content (AvgIpc) is 2.37. The van der Waals surface area contributed by atoms with Gasteiger partial charge in [-0.3, -0.25) is 0 Å². The van der Waals surface area contributed by atoms with Crippen molar-refractivity contribution >= 4 is 5.82 Å². The highest BCUT2D eigenvalue weighted by atomic mass is 19.4. The van der Waals surface area contributed by atoms with Crippen molar-refractivity contribution in [2.75, 3.05) is 5.73 Å². The molecule has 1 aromatic heterocycles. The Hall–Kier alpha value is -2.15. The van der Waals surface area contributed by atoms with E-state index in [1.54, 1.807) is 0 Å². The Bertz CT molecular complexity index is 628. The molecule has 0 aliphatic heterocycles. The normalized spacial score (nSPS) is 13.2. The van der Waals surface area contributed by atoms with Gasteiger partial charge in [0, 0.05) is 17.3 Å². The molecule has 7 heteroatoms. The minimum atomic E-state index is -4.71. The molecule has 3 N–H and O–H groups in total. The van der Waals surface area contributed by atoms with E-state index in [0.717, 1.165) is 0 Å². The highest BCUT2D eigenvalue weighted by molar-refractivity contribution is 5.46. The first kappa shape index (κ1) is 14.3. The number of benzene rings is 1. The summed E-state index contributed by atoms with van der Waals surface area (Å²) in [6.07, 6.45) is -5.08. The molecule has 0 saturated carbocycles. The minimum Gasteiger partial charge on any atom is -0.383 e. The highest BCUT2D eigenvalue weighted by Gasteiger charge is 2.35. The Morgan fingerprint density at radius 2 is 1.85 bits per heavy atom. The molecule has 0 spiro atoms. The Balaban J connectivity index is 2.57. The topological polar surface area (TPSA) is 59.1 Å². The van der Waals surface area contributed by atoms with E-state index in [9.17, 15) is 22.7 Å². The van der Waals surface area contributed by atoms with Crippen LogP contribution in [0, 0.1) is 5.82 Å². The molecule has 1 atom stereocenters. The summed E-state index contributed by atoms with van der Waals surface area (Å²) in [5.41, 5.74) is 3.78. The van der Waals surface area contributed by atoms with Crippen molar-refractivity contribution in [3.63, 3.8) is 0 Å². The summed E-state index contributed by atoms with van der Waals surface area (Å²) in [6, 6.07) is 4.66. The Kier molecular flexibility index (Phi) is 3.63. The fourth-order valence-electron chi connectivity index (χ4n) is 1.85. The predicted molar refractivity (Wildman–Crippen MR) is 64.1 cm³/mol. The number of nitrogens with zero attached hydrogens (tertiary/aromatic N) is 1. The van der Waals surface area contributed by atoms with Gasteiger partial charge in [0.25, 0.3) is 0 Å². The molecule has 0 radical (unpaired) electrons. The van der Waals surface area contributed by atoms with Crippen LogP contribution in [0.15, 0.2) is 36.5 Å². The number of rotatable bonds is 2. The zero-order valence-corrected chi connectivity index (χ0v) is 10.0. The third-order valence-corrected chi connectivity index (χ3v) is 2.78. The van der Waals surface area contributed by atoms with Crippen LogP contribution in [0.3, 0.4) is 0 Å².